The minimum Gasteiger partial charge on any atom is -0.445 e. The molecule has 14 heteroatoms. The number of primary sulfonamides is 1. The number of hydrogen-bond donors (Lipinski definition) is 1. The highest BCUT2D eigenvalue weighted by Gasteiger charge is 2.44. The van der Waals surface area contributed by atoms with Crippen LogP contribution in [0.15, 0.2) is 47.4 Å². The summed E-state index contributed by atoms with van der Waals surface area (Å²) in [4.78, 5) is 27.7. The quantitative estimate of drug-likeness (QED) is 0.593. The number of hydrogen-bond acceptors (Lipinski definition) is 6. The van der Waals surface area contributed by atoms with Crippen LogP contribution in [0.2, 0.25) is 0 Å². The van der Waals surface area contributed by atoms with Crippen molar-refractivity contribution in [1.29, 1.82) is 0 Å². The molecule has 2 saturated heterocycles. The standard InChI is InChI=1S/C22H21F4N3O6S/c23-19-7-17(36(27,32)33)5-6-18(19)20(30)28-8-14-10-29(11-15(14)9-28)21(31)34-12-13-1-3-16(4-2-13)35-22(24,25)26/h1-7,14-15H,8-12H2,(H2,27,32,33)/t14-,15-/m0/s1. The van der Waals surface area contributed by atoms with E-state index >= 15 is 0 Å². The van der Waals surface area contributed by atoms with E-state index in [2.05, 4.69) is 4.74 Å². The minimum atomic E-state index is -4.80. The van der Waals surface area contributed by atoms with E-state index < -0.39 is 39.1 Å². The van der Waals surface area contributed by atoms with Gasteiger partial charge >= 0.3 is 12.5 Å². The molecule has 2 atom stereocenters. The Bertz CT molecular complexity index is 1260. The first kappa shape index (κ1) is 25.7. The Morgan fingerprint density at radius 1 is 0.972 bits per heavy atom. The summed E-state index contributed by atoms with van der Waals surface area (Å²) in [6.07, 6.45) is -5.39. The summed E-state index contributed by atoms with van der Waals surface area (Å²) in [6.45, 7) is 1.06. The average molecular weight is 531 g/mol. The summed E-state index contributed by atoms with van der Waals surface area (Å²) >= 11 is 0. The number of carbonyl (C=O) groups excluding carboxylic acids is 2. The van der Waals surface area contributed by atoms with Gasteiger partial charge in [-0.05, 0) is 35.9 Å². The second kappa shape index (κ2) is 9.58. The average Bonchev–Trinajstić information content (AvgIpc) is 3.36. The lowest BCUT2D eigenvalue weighted by Gasteiger charge is -2.22. The third-order valence-electron chi connectivity index (χ3n) is 6.05. The normalized spacial score (nSPS) is 19.8. The lowest BCUT2D eigenvalue weighted by atomic mass is 10.0. The fraction of sp³-hybridized carbons (Fsp3) is 0.364. The zero-order valence-electron chi connectivity index (χ0n) is 18.6. The molecule has 36 heavy (non-hydrogen) atoms. The van der Waals surface area contributed by atoms with Gasteiger partial charge in [-0.15, -0.1) is 13.2 Å². The highest BCUT2D eigenvalue weighted by molar-refractivity contribution is 7.89. The van der Waals surface area contributed by atoms with Crippen LogP contribution in [0, 0.1) is 17.7 Å². The fourth-order valence-electron chi connectivity index (χ4n) is 4.35. The van der Waals surface area contributed by atoms with Gasteiger partial charge in [0.25, 0.3) is 5.91 Å². The topological polar surface area (TPSA) is 119 Å². The molecule has 2 aromatic carbocycles. The molecule has 9 nitrogen and oxygen atoms in total. The van der Waals surface area contributed by atoms with Crippen LogP contribution in [-0.4, -0.2) is 62.8 Å². The van der Waals surface area contributed by atoms with Crippen molar-refractivity contribution >= 4 is 22.0 Å². The van der Waals surface area contributed by atoms with Crippen molar-refractivity contribution < 1.29 is 45.0 Å². The number of alkyl halides is 3. The number of nitrogens with two attached hydrogens (primary N) is 1. The minimum absolute atomic E-state index is 0.0490. The van der Waals surface area contributed by atoms with Gasteiger partial charge in [0.1, 0.15) is 18.2 Å². The highest BCUT2D eigenvalue weighted by Crippen LogP contribution is 2.33. The summed E-state index contributed by atoms with van der Waals surface area (Å²) in [5, 5.41) is 4.98. The number of sulfonamides is 1. The Morgan fingerprint density at radius 2 is 1.56 bits per heavy atom. The number of ether oxygens (including phenoxy) is 2. The van der Waals surface area contributed by atoms with E-state index in [1.807, 2.05) is 0 Å². The largest absolute Gasteiger partial charge is 0.573 e. The van der Waals surface area contributed by atoms with Crippen LogP contribution in [0.3, 0.4) is 0 Å². The summed E-state index contributed by atoms with van der Waals surface area (Å²) in [5.74, 6) is -2.06. The van der Waals surface area contributed by atoms with Crippen molar-refractivity contribution in [3.8, 4) is 5.75 Å². The smallest absolute Gasteiger partial charge is 0.445 e. The molecule has 0 unspecified atom stereocenters. The van der Waals surface area contributed by atoms with Crippen LogP contribution >= 0.6 is 0 Å². The van der Waals surface area contributed by atoms with Crippen molar-refractivity contribution in [3.05, 3.63) is 59.4 Å². The number of halogens is 4. The SMILES string of the molecule is NS(=O)(=O)c1ccc(C(=O)N2C[C@H]3CN(C(=O)OCc4ccc(OC(F)(F)F)cc4)C[C@@H]3C2)c(F)c1. The predicted octanol–water partition coefficient (Wildman–Crippen LogP) is 2.71. The molecule has 2 aliphatic rings. The van der Waals surface area contributed by atoms with Crippen molar-refractivity contribution in [1.82, 2.24) is 9.80 Å². The van der Waals surface area contributed by atoms with Crippen LogP contribution in [0.25, 0.3) is 0 Å². The van der Waals surface area contributed by atoms with Crippen LogP contribution in [0.5, 0.6) is 5.75 Å². The van der Waals surface area contributed by atoms with Gasteiger partial charge in [0, 0.05) is 38.0 Å². The van der Waals surface area contributed by atoms with E-state index in [0.29, 0.717) is 24.7 Å². The second-order valence-corrected chi connectivity index (χ2v) is 10.1. The number of likely N-dealkylation sites (tertiary alicyclic amines) is 2. The first-order valence-electron chi connectivity index (χ1n) is 10.7. The highest BCUT2D eigenvalue weighted by atomic mass is 32.2. The van der Waals surface area contributed by atoms with Crippen LogP contribution < -0.4 is 9.88 Å². The number of benzene rings is 2. The van der Waals surface area contributed by atoms with Gasteiger partial charge in [0.05, 0.1) is 10.5 Å². The first-order valence-corrected chi connectivity index (χ1v) is 12.2. The Labute approximate surface area is 203 Å². The predicted molar refractivity (Wildman–Crippen MR) is 116 cm³/mol. The molecule has 0 saturated carbocycles. The van der Waals surface area contributed by atoms with Crippen molar-refractivity contribution in [2.75, 3.05) is 26.2 Å². The third kappa shape index (κ3) is 5.87. The van der Waals surface area contributed by atoms with Crippen LogP contribution in [0.1, 0.15) is 15.9 Å². The third-order valence-corrected chi connectivity index (χ3v) is 6.96. The van der Waals surface area contributed by atoms with Crippen LogP contribution in [-0.2, 0) is 21.4 Å². The molecular formula is C22H21F4N3O6S. The molecule has 4 rings (SSSR count). The zero-order valence-corrected chi connectivity index (χ0v) is 19.4. The number of fused-ring (bicyclic) bond motifs is 1. The van der Waals surface area contributed by atoms with E-state index in [0.717, 1.165) is 24.3 Å². The molecule has 2 aromatic rings. The number of carbonyl (C=O) groups is 2. The number of nitrogens with zero attached hydrogens (tertiary/aromatic N) is 2. The monoisotopic (exact) mass is 531 g/mol. The summed E-state index contributed by atoms with van der Waals surface area (Å²) in [6, 6.07) is 7.79. The Morgan fingerprint density at radius 3 is 2.08 bits per heavy atom. The maximum Gasteiger partial charge on any atom is 0.573 e. The maximum atomic E-state index is 14.4. The molecule has 2 N–H and O–H groups in total. The molecule has 2 heterocycles. The molecule has 0 aliphatic carbocycles. The van der Waals surface area contributed by atoms with E-state index in [1.54, 1.807) is 0 Å². The lowest BCUT2D eigenvalue weighted by molar-refractivity contribution is -0.274. The molecule has 0 spiro atoms. The first-order chi connectivity index (χ1) is 16.8. The zero-order chi connectivity index (χ0) is 26.3. The molecule has 2 fully saturated rings. The van der Waals surface area contributed by atoms with E-state index in [4.69, 9.17) is 9.88 Å². The Balaban J connectivity index is 1.28. The molecule has 194 valence electrons. The van der Waals surface area contributed by atoms with Crippen LogP contribution in [0.4, 0.5) is 22.4 Å². The maximum absolute atomic E-state index is 14.4. The molecular weight excluding hydrogens is 510 g/mol. The van der Waals surface area contributed by atoms with Crippen molar-refractivity contribution in [3.63, 3.8) is 0 Å². The Kier molecular flexibility index (Phi) is 6.84. The van der Waals surface area contributed by atoms with Gasteiger partial charge in [-0.2, -0.15) is 0 Å². The second-order valence-electron chi connectivity index (χ2n) is 8.57. The van der Waals surface area contributed by atoms with Gasteiger partial charge in [-0.25, -0.2) is 22.7 Å². The van der Waals surface area contributed by atoms with Gasteiger partial charge in [0.2, 0.25) is 10.0 Å². The van der Waals surface area contributed by atoms with Gasteiger partial charge < -0.3 is 19.3 Å². The van der Waals surface area contributed by atoms with Gasteiger partial charge in [0.15, 0.2) is 0 Å². The number of rotatable bonds is 5. The van der Waals surface area contributed by atoms with E-state index in [9.17, 15) is 35.6 Å². The lowest BCUT2D eigenvalue weighted by Crippen LogP contribution is -2.36. The van der Waals surface area contributed by atoms with Gasteiger partial charge in [-0.1, -0.05) is 12.1 Å². The van der Waals surface area contributed by atoms with E-state index in [1.165, 1.54) is 21.9 Å². The molecule has 0 bridgehead atoms. The van der Waals surface area contributed by atoms with Crippen molar-refractivity contribution in [2.45, 2.75) is 17.9 Å². The summed E-state index contributed by atoms with van der Waals surface area (Å²) < 4.78 is 82.8. The summed E-state index contributed by atoms with van der Waals surface area (Å²) in [7, 11) is -4.11. The molecule has 0 aromatic heterocycles. The van der Waals surface area contributed by atoms with Crippen molar-refractivity contribution in [2.24, 2.45) is 17.0 Å². The molecule has 2 aliphatic heterocycles. The molecule has 0 radical (unpaired) electrons. The fourth-order valence-corrected chi connectivity index (χ4v) is 4.87. The molecule has 2 amide bonds. The summed E-state index contributed by atoms with van der Waals surface area (Å²) in [5.41, 5.74) is 0.204. The number of amides is 2. The Hall–Kier alpha value is -3.39. The van der Waals surface area contributed by atoms with Gasteiger partial charge in [-0.3, -0.25) is 4.79 Å². The van der Waals surface area contributed by atoms with E-state index in [-0.39, 0.29) is 42.8 Å².